The Morgan fingerprint density at radius 2 is 2.19 bits per heavy atom. The number of hydrogen-bond donors (Lipinski definition) is 2. The third-order valence-corrected chi connectivity index (χ3v) is 4.72. The lowest BCUT2D eigenvalue weighted by atomic mass is 9.75. The number of pyridine rings is 1. The highest BCUT2D eigenvalue weighted by atomic mass is 32.1. The van der Waals surface area contributed by atoms with E-state index in [1.54, 1.807) is 0 Å². The number of nitrogens with zero attached hydrogens (tertiary/aromatic N) is 1. The van der Waals surface area contributed by atoms with Crippen LogP contribution in [0.3, 0.4) is 0 Å². The molecule has 0 aromatic carbocycles. The molecule has 1 heterocycles. The van der Waals surface area contributed by atoms with Crippen molar-refractivity contribution in [2.24, 2.45) is 11.7 Å². The maximum Gasteiger partial charge on any atom is 0.253 e. The topological polar surface area (TPSA) is 68.0 Å². The molecular formula is C15H20FN3OS. The Morgan fingerprint density at radius 1 is 1.52 bits per heavy atom. The van der Waals surface area contributed by atoms with Crippen molar-refractivity contribution in [3.63, 3.8) is 0 Å². The summed E-state index contributed by atoms with van der Waals surface area (Å²) >= 11 is 5.17. The second-order valence-electron chi connectivity index (χ2n) is 5.64. The molecule has 0 aliphatic heterocycles. The molecule has 0 radical (unpaired) electrons. The van der Waals surface area contributed by atoms with Crippen molar-refractivity contribution in [3.05, 3.63) is 29.8 Å². The number of hydrogen-bond acceptors (Lipinski definition) is 3. The lowest BCUT2D eigenvalue weighted by Crippen LogP contribution is -2.58. The van der Waals surface area contributed by atoms with Gasteiger partial charge in [-0.25, -0.2) is 4.39 Å². The lowest BCUT2D eigenvalue weighted by molar-refractivity contribution is 0.0897. The van der Waals surface area contributed by atoms with E-state index in [2.05, 4.69) is 17.2 Å². The van der Waals surface area contributed by atoms with E-state index >= 15 is 0 Å². The first kappa shape index (κ1) is 15.8. The fraction of sp³-hybridized carbons (Fsp3) is 0.533. The molecule has 21 heavy (non-hydrogen) atoms. The average molecular weight is 309 g/mol. The summed E-state index contributed by atoms with van der Waals surface area (Å²) in [5, 5.41) is 2.91. The lowest BCUT2D eigenvalue weighted by Gasteiger charge is -2.40. The van der Waals surface area contributed by atoms with Crippen LogP contribution >= 0.6 is 12.2 Å². The van der Waals surface area contributed by atoms with Crippen LogP contribution in [0.15, 0.2) is 18.5 Å². The van der Waals surface area contributed by atoms with E-state index < -0.39 is 11.4 Å². The predicted molar refractivity (Wildman–Crippen MR) is 83.4 cm³/mol. The molecule has 6 heteroatoms. The van der Waals surface area contributed by atoms with Crippen molar-refractivity contribution >= 4 is 23.1 Å². The standard InChI is InChI=1S/C15H20FN3OS/c1-2-10-3-5-15(6-4-10,14(17)21)19-13(20)11-7-12(16)9-18-8-11/h7-10H,2-6H2,1H3,(H2,17,21)(H,19,20). The average Bonchev–Trinajstić information content (AvgIpc) is 2.47. The van der Waals surface area contributed by atoms with Gasteiger partial charge in [0, 0.05) is 6.20 Å². The van der Waals surface area contributed by atoms with Crippen LogP contribution in [0.25, 0.3) is 0 Å². The van der Waals surface area contributed by atoms with Crippen molar-refractivity contribution in [2.75, 3.05) is 0 Å². The molecule has 4 nitrogen and oxygen atoms in total. The summed E-state index contributed by atoms with van der Waals surface area (Å²) < 4.78 is 13.2. The van der Waals surface area contributed by atoms with Crippen LogP contribution in [-0.2, 0) is 0 Å². The van der Waals surface area contributed by atoms with Crippen molar-refractivity contribution < 1.29 is 9.18 Å². The van der Waals surface area contributed by atoms with Crippen molar-refractivity contribution in [2.45, 2.75) is 44.6 Å². The quantitative estimate of drug-likeness (QED) is 0.839. The molecule has 1 aliphatic carbocycles. The Balaban J connectivity index is 2.14. The molecule has 1 fully saturated rings. The van der Waals surface area contributed by atoms with Crippen LogP contribution in [0.4, 0.5) is 4.39 Å². The van der Waals surface area contributed by atoms with E-state index in [9.17, 15) is 9.18 Å². The van der Waals surface area contributed by atoms with Gasteiger partial charge < -0.3 is 11.1 Å². The van der Waals surface area contributed by atoms with Crippen LogP contribution < -0.4 is 11.1 Å². The number of nitrogens with one attached hydrogen (secondary N) is 1. The van der Waals surface area contributed by atoms with E-state index in [0.29, 0.717) is 10.9 Å². The summed E-state index contributed by atoms with van der Waals surface area (Å²) in [6.45, 7) is 2.16. The number of carbonyl (C=O) groups is 1. The zero-order valence-electron chi connectivity index (χ0n) is 12.1. The minimum Gasteiger partial charge on any atom is -0.391 e. The molecular weight excluding hydrogens is 289 g/mol. The summed E-state index contributed by atoms with van der Waals surface area (Å²) in [6.07, 6.45) is 6.95. The normalized spacial score (nSPS) is 25.3. The van der Waals surface area contributed by atoms with Gasteiger partial charge in [-0.2, -0.15) is 0 Å². The Morgan fingerprint density at radius 3 is 2.71 bits per heavy atom. The van der Waals surface area contributed by atoms with Crippen LogP contribution in [0.2, 0.25) is 0 Å². The smallest absolute Gasteiger partial charge is 0.253 e. The Kier molecular flexibility index (Phi) is 4.88. The van der Waals surface area contributed by atoms with E-state index in [1.807, 2.05) is 0 Å². The van der Waals surface area contributed by atoms with Gasteiger partial charge in [0.1, 0.15) is 5.82 Å². The number of halogens is 1. The molecule has 1 saturated carbocycles. The van der Waals surface area contributed by atoms with E-state index in [0.717, 1.165) is 44.4 Å². The van der Waals surface area contributed by atoms with Gasteiger partial charge in [0.25, 0.3) is 5.91 Å². The Bertz CT molecular complexity index is 541. The summed E-state index contributed by atoms with van der Waals surface area (Å²) in [4.78, 5) is 16.3. The third-order valence-electron chi connectivity index (χ3n) is 4.33. The molecule has 1 aliphatic rings. The van der Waals surface area contributed by atoms with E-state index in [4.69, 9.17) is 18.0 Å². The summed E-state index contributed by atoms with van der Waals surface area (Å²) in [7, 11) is 0. The van der Waals surface area contributed by atoms with Crippen LogP contribution in [0.1, 0.15) is 49.4 Å². The van der Waals surface area contributed by atoms with Crippen LogP contribution in [-0.4, -0.2) is 21.4 Å². The molecule has 0 spiro atoms. The highest BCUT2D eigenvalue weighted by molar-refractivity contribution is 7.80. The largest absolute Gasteiger partial charge is 0.391 e. The first-order valence-corrected chi connectivity index (χ1v) is 7.60. The molecule has 2 rings (SSSR count). The van der Waals surface area contributed by atoms with Crippen molar-refractivity contribution in [1.29, 1.82) is 0 Å². The summed E-state index contributed by atoms with van der Waals surface area (Å²) in [5.41, 5.74) is 5.39. The predicted octanol–water partition coefficient (Wildman–Crippen LogP) is 2.58. The van der Waals surface area contributed by atoms with Gasteiger partial charge in [0.2, 0.25) is 0 Å². The molecule has 0 bridgehead atoms. The monoisotopic (exact) mass is 309 g/mol. The SMILES string of the molecule is CCC1CCC(NC(=O)c2cncc(F)c2)(C(N)=S)CC1. The molecule has 1 aromatic heterocycles. The van der Waals surface area contributed by atoms with Crippen molar-refractivity contribution in [3.8, 4) is 0 Å². The second-order valence-corrected chi connectivity index (χ2v) is 6.08. The number of aromatic nitrogens is 1. The third kappa shape index (κ3) is 3.56. The summed E-state index contributed by atoms with van der Waals surface area (Å²) in [5.74, 6) is -0.272. The summed E-state index contributed by atoms with van der Waals surface area (Å²) in [6, 6.07) is 1.16. The maximum atomic E-state index is 13.2. The number of rotatable bonds is 4. The highest BCUT2D eigenvalue weighted by Crippen LogP contribution is 2.34. The van der Waals surface area contributed by atoms with Gasteiger partial charge in [-0.05, 0) is 37.7 Å². The van der Waals surface area contributed by atoms with Crippen LogP contribution in [0.5, 0.6) is 0 Å². The van der Waals surface area contributed by atoms with Gasteiger partial charge in [-0.1, -0.05) is 25.6 Å². The highest BCUT2D eigenvalue weighted by Gasteiger charge is 2.39. The molecule has 1 amide bonds. The zero-order valence-corrected chi connectivity index (χ0v) is 12.9. The first-order valence-electron chi connectivity index (χ1n) is 7.20. The number of amides is 1. The van der Waals surface area contributed by atoms with Gasteiger partial charge in [-0.15, -0.1) is 0 Å². The number of thiocarbonyl (C=S) groups is 1. The van der Waals surface area contributed by atoms with Crippen LogP contribution in [0, 0.1) is 11.7 Å². The molecule has 3 N–H and O–H groups in total. The first-order chi connectivity index (χ1) is 9.97. The molecule has 0 saturated heterocycles. The Labute approximate surface area is 129 Å². The minimum absolute atomic E-state index is 0.184. The molecule has 0 unspecified atom stereocenters. The van der Waals surface area contributed by atoms with Crippen molar-refractivity contribution in [1.82, 2.24) is 10.3 Å². The fourth-order valence-corrected chi connectivity index (χ4v) is 3.09. The van der Waals surface area contributed by atoms with Gasteiger partial charge in [0.15, 0.2) is 0 Å². The van der Waals surface area contributed by atoms with Gasteiger partial charge in [-0.3, -0.25) is 9.78 Å². The maximum absolute atomic E-state index is 13.2. The Hall–Kier alpha value is -1.56. The van der Waals surface area contributed by atoms with E-state index in [-0.39, 0.29) is 11.5 Å². The van der Waals surface area contributed by atoms with Gasteiger partial charge in [0.05, 0.1) is 22.3 Å². The minimum atomic E-state index is -0.662. The molecule has 0 atom stereocenters. The fourth-order valence-electron chi connectivity index (χ4n) is 2.84. The second kappa shape index (κ2) is 6.47. The number of carbonyl (C=O) groups excluding carboxylic acids is 1. The molecule has 114 valence electrons. The molecule has 1 aromatic rings. The van der Waals surface area contributed by atoms with E-state index in [1.165, 1.54) is 6.20 Å². The van der Waals surface area contributed by atoms with Gasteiger partial charge >= 0.3 is 0 Å². The zero-order chi connectivity index (χ0) is 15.5. The number of nitrogens with two attached hydrogens (primary N) is 1.